The van der Waals surface area contributed by atoms with Crippen LogP contribution in [0, 0.1) is 6.92 Å². The number of nitrogens with one attached hydrogen (secondary N) is 1. The van der Waals surface area contributed by atoms with Crippen molar-refractivity contribution in [3.05, 3.63) is 54.1 Å². The Morgan fingerprint density at radius 1 is 1.23 bits per heavy atom. The maximum absolute atomic E-state index is 12.4. The lowest BCUT2D eigenvalue weighted by atomic mass is 10.2. The molecule has 1 aliphatic heterocycles. The van der Waals surface area contributed by atoms with Gasteiger partial charge in [0.25, 0.3) is 5.91 Å². The predicted molar refractivity (Wildman–Crippen MR) is 101 cm³/mol. The van der Waals surface area contributed by atoms with E-state index in [4.69, 9.17) is 14.2 Å². The van der Waals surface area contributed by atoms with Crippen molar-refractivity contribution in [3.63, 3.8) is 0 Å². The number of amides is 1. The normalized spacial score (nSPS) is 17.5. The maximum atomic E-state index is 12.4. The molecule has 2 aromatic carbocycles. The highest BCUT2D eigenvalue weighted by molar-refractivity contribution is 5.94. The third-order valence-corrected chi connectivity index (χ3v) is 4.23. The molecule has 138 valence electrons. The van der Waals surface area contributed by atoms with E-state index in [0.29, 0.717) is 23.8 Å². The Bertz CT molecular complexity index is 740. The molecular weight excluding hydrogens is 330 g/mol. The van der Waals surface area contributed by atoms with Gasteiger partial charge in [0.2, 0.25) is 0 Å². The van der Waals surface area contributed by atoms with E-state index in [-0.39, 0.29) is 12.0 Å². The average Bonchev–Trinajstić information content (AvgIpc) is 3.14. The third kappa shape index (κ3) is 5.23. The molecule has 1 aliphatic rings. The summed E-state index contributed by atoms with van der Waals surface area (Å²) in [7, 11) is 0. The predicted octanol–water partition coefficient (Wildman–Crippen LogP) is 3.96. The summed E-state index contributed by atoms with van der Waals surface area (Å²) in [5.41, 5.74) is 1.77. The molecule has 1 amide bonds. The van der Waals surface area contributed by atoms with E-state index < -0.39 is 6.10 Å². The number of anilines is 1. The van der Waals surface area contributed by atoms with Gasteiger partial charge in [-0.05, 0) is 56.5 Å². The van der Waals surface area contributed by atoms with Gasteiger partial charge in [-0.1, -0.05) is 18.2 Å². The third-order valence-electron chi connectivity index (χ3n) is 4.23. The van der Waals surface area contributed by atoms with Crippen LogP contribution in [-0.2, 0) is 9.53 Å². The standard InChI is InChI=1S/C21H25NO4/c1-15-6-3-9-19(12-15)26-16(2)21(23)22-17-7-4-8-18(13-17)25-14-20-10-5-11-24-20/h3-4,6-9,12-13,16,20H,5,10-11,14H2,1-2H3,(H,22,23). The summed E-state index contributed by atoms with van der Waals surface area (Å²) in [6.45, 7) is 5.06. The van der Waals surface area contributed by atoms with Gasteiger partial charge in [-0.3, -0.25) is 4.79 Å². The molecule has 1 N–H and O–H groups in total. The van der Waals surface area contributed by atoms with Gasteiger partial charge < -0.3 is 19.5 Å². The van der Waals surface area contributed by atoms with Gasteiger partial charge in [0, 0.05) is 18.4 Å². The Hall–Kier alpha value is -2.53. The van der Waals surface area contributed by atoms with Crippen LogP contribution < -0.4 is 14.8 Å². The first-order chi connectivity index (χ1) is 12.6. The van der Waals surface area contributed by atoms with Crippen molar-refractivity contribution in [3.8, 4) is 11.5 Å². The molecule has 0 aliphatic carbocycles. The van der Waals surface area contributed by atoms with Crippen LogP contribution in [0.3, 0.4) is 0 Å². The Balaban J connectivity index is 1.53. The van der Waals surface area contributed by atoms with Gasteiger partial charge in [0.1, 0.15) is 18.1 Å². The van der Waals surface area contributed by atoms with Gasteiger partial charge in [-0.25, -0.2) is 0 Å². The summed E-state index contributed by atoms with van der Waals surface area (Å²) < 4.78 is 17.0. The molecule has 1 saturated heterocycles. The first kappa shape index (κ1) is 18.3. The number of carbonyl (C=O) groups excluding carboxylic acids is 1. The molecule has 0 saturated carbocycles. The molecule has 3 rings (SSSR count). The summed E-state index contributed by atoms with van der Waals surface area (Å²) in [4.78, 5) is 12.4. The van der Waals surface area contributed by atoms with Crippen molar-refractivity contribution in [1.82, 2.24) is 0 Å². The first-order valence-electron chi connectivity index (χ1n) is 8.99. The topological polar surface area (TPSA) is 56.8 Å². The van der Waals surface area contributed by atoms with Gasteiger partial charge in [0.05, 0.1) is 6.10 Å². The number of benzene rings is 2. The Kier molecular flexibility index (Phi) is 6.12. The van der Waals surface area contributed by atoms with Crippen LogP contribution in [0.2, 0.25) is 0 Å². The fraction of sp³-hybridized carbons (Fsp3) is 0.381. The molecule has 0 spiro atoms. The van der Waals surface area contributed by atoms with E-state index in [1.165, 1.54) is 0 Å². The molecule has 2 unspecified atom stereocenters. The van der Waals surface area contributed by atoms with E-state index in [1.807, 2.05) is 55.5 Å². The van der Waals surface area contributed by atoms with E-state index in [1.54, 1.807) is 6.92 Å². The van der Waals surface area contributed by atoms with E-state index >= 15 is 0 Å². The lowest BCUT2D eigenvalue weighted by Gasteiger charge is -2.16. The summed E-state index contributed by atoms with van der Waals surface area (Å²) in [6.07, 6.45) is 1.68. The van der Waals surface area contributed by atoms with Crippen molar-refractivity contribution < 1.29 is 19.0 Å². The minimum Gasteiger partial charge on any atom is -0.491 e. The Morgan fingerprint density at radius 3 is 2.81 bits per heavy atom. The zero-order valence-electron chi connectivity index (χ0n) is 15.2. The average molecular weight is 355 g/mol. The van der Waals surface area contributed by atoms with Crippen LogP contribution in [0.25, 0.3) is 0 Å². The van der Waals surface area contributed by atoms with Crippen LogP contribution in [0.1, 0.15) is 25.3 Å². The zero-order chi connectivity index (χ0) is 18.4. The van der Waals surface area contributed by atoms with Crippen LogP contribution in [0.5, 0.6) is 11.5 Å². The minimum atomic E-state index is -0.603. The Labute approximate surface area is 154 Å². The van der Waals surface area contributed by atoms with Crippen LogP contribution in [0.15, 0.2) is 48.5 Å². The van der Waals surface area contributed by atoms with Crippen molar-refractivity contribution in [2.24, 2.45) is 0 Å². The maximum Gasteiger partial charge on any atom is 0.265 e. The van der Waals surface area contributed by atoms with E-state index in [0.717, 1.165) is 25.0 Å². The molecule has 2 atom stereocenters. The first-order valence-corrected chi connectivity index (χ1v) is 8.99. The second kappa shape index (κ2) is 8.72. The van der Waals surface area contributed by atoms with Gasteiger partial charge in [-0.2, -0.15) is 0 Å². The quantitative estimate of drug-likeness (QED) is 0.817. The van der Waals surface area contributed by atoms with Gasteiger partial charge >= 0.3 is 0 Å². The fourth-order valence-electron chi connectivity index (χ4n) is 2.82. The smallest absolute Gasteiger partial charge is 0.265 e. The highest BCUT2D eigenvalue weighted by Crippen LogP contribution is 2.20. The molecular formula is C21H25NO4. The molecule has 26 heavy (non-hydrogen) atoms. The number of ether oxygens (including phenoxy) is 3. The minimum absolute atomic E-state index is 0.163. The van der Waals surface area contributed by atoms with Crippen molar-refractivity contribution >= 4 is 11.6 Å². The number of carbonyl (C=O) groups is 1. The molecule has 0 bridgehead atoms. The van der Waals surface area contributed by atoms with E-state index in [9.17, 15) is 4.79 Å². The number of aryl methyl sites for hydroxylation is 1. The van der Waals surface area contributed by atoms with Crippen molar-refractivity contribution in [1.29, 1.82) is 0 Å². The van der Waals surface area contributed by atoms with Gasteiger partial charge in [-0.15, -0.1) is 0 Å². The van der Waals surface area contributed by atoms with Crippen LogP contribution >= 0.6 is 0 Å². The van der Waals surface area contributed by atoms with Crippen LogP contribution in [0.4, 0.5) is 5.69 Å². The monoisotopic (exact) mass is 355 g/mol. The molecule has 1 fully saturated rings. The molecule has 0 aromatic heterocycles. The number of hydrogen-bond donors (Lipinski definition) is 1. The molecule has 2 aromatic rings. The number of hydrogen-bond acceptors (Lipinski definition) is 4. The molecule has 5 nitrogen and oxygen atoms in total. The second-order valence-electron chi connectivity index (χ2n) is 6.54. The lowest BCUT2D eigenvalue weighted by Crippen LogP contribution is -2.30. The summed E-state index contributed by atoms with van der Waals surface area (Å²) >= 11 is 0. The lowest BCUT2D eigenvalue weighted by molar-refractivity contribution is -0.122. The highest BCUT2D eigenvalue weighted by Gasteiger charge is 2.17. The molecule has 1 heterocycles. The highest BCUT2D eigenvalue weighted by atomic mass is 16.5. The Morgan fingerprint density at radius 2 is 2.04 bits per heavy atom. The fourth-order valence-corrected chi connectivity index (χ4v) is 2.82. The SMILES string of the molecule is Cc1cccc(OC(C)C(=O)Nc2cccc(OCC3CCCO3)c2)c1. The van der Waals surface area contributed by atoms with Crippen LogP contribution in [-0.4, -0.2) is 31.3 Å². The second-order valence-corrected chi connectivity index (χ2v) is 6.54. The summed E-state index contributed by atoms with van der Waals surface area (Å²) in [5.74, 6) is 1.19. The largest absolute Gasteiger partial charge is 0.491 e. The molecule has 0 radical (unpaired) electrons. The molecule has 5 heteroatoms. The summed E-state index contributed by atoms with van der Waals surface area (Å²) in [5, 5.41) is 2.87. The van der Waals surface area contributed by atoms with Crippen molar-refractivity contribution in [2.75, 3.05) is 18.5 Å². The number of rotatable bonds is 7. The summed E-state index contributed by atoms with van der Waals surface area (Å²) in [6, 6.07) is 15.0. The van der Waals surface area contributed by atoms with Gasteiger partial charge in [0.15, 0.2) is 6.10 Å². The van der Waals surface area contributed by atoms with Crippen molar-refractivity contribution in [2.45, 2.75) is 38.9 Å². The van der Waals surface area contributed by atoms with E-state index in [2.05, 4.69) is 5.32 Å². The zero-order valence-corrected chi connectivity index (χ0v) is 15.2.